The average Bonchev–Trinajstić information content (AvgIpc) is 3.13. The van der Waals surface area contributed by atoms with Crippen molar-refractivity contribution in [2.75, 3.05) is 26.2 Å². The van der Waals surface area contributed by atoms with E-state index in [0.29, 0.717) is 61.1 Å². The summed E-state index contributed by atoms with van der Waals surface area (Å²) in [6, 6.07) is 24.7. The molecule has 0 spiro atoms. The number of nitrogens with zero attached hydrogens (tertiary/aromatic N) is 2. The van der Waals surface area contributed by atoms with Gasteiger partial charge in [-0.25, -0.2) is 0 Å². The molecule has 1 aliphatic heterocycles. The number of guanidine groups is 1. The Morgan fingerprint density at radius 2 is 1.66 bits per heavy atom. The Hall–Kier alpha value is -3.59. The molecule has 6 N–H and O–H groups in total. The molecule has 3 aromatic rings. The monoisotopic (exact) mass is 594 g/mol. The van der Waals surface area contributed by atoms with Crippen LogP contribution < -0.4 is 22.1 Å². The molecule has 216 valence electrons. The molecule has 1 heterocycles. The van der Waals surface area contributed by atoms with Gasteiger partial charge in [-0.05, 0) is 48.6 Å². The van der Waals surface area contributed by atoms with Gasteiger partial charge >= 0.3 is 0 Å². The predicted molar refractivity (Wildman–Crippen MR) is 165 cm³/mol. The number of amides is 2. The first kappa shape index (κ1) is 30.4. The predicted octanol–water partition coefficient (Wildman–Crippen LogP) is 4.17. The highest BCUT2D eigenvalue weighted by Gasteiger charge is 2.32. The average molecular weight is 596 g/mol. The summed E-state index contributed by atoms with van der Waals surface area (Å²) in [5, 5.41) is 7.19. The molecular weight excluding hydrogens is 559 g/mol. The van der Waals surface area contributed by atoms with Crippen LogP contribution in [-0.2, 0) is 4.79 Å². The number of nitrogens with one attached hydrogen (secondary N) is 2. The molecule has 0 aromatic heterocycles. The number of halogens is 2. The molecule has 3 aromatic carbocycles. The van der Waals surface area contributed by atoms with Crippen LogP contribution in [-0.4, -0.2) is 60.9 Å². The van der Waals surface area contributed by atoms with E-state index >= 15 is 0 Å². The van der Waals surface area contributed by atoms with Crippen LogP contribution in [0, 0.1) is 0 Å². The topological polar surface area (TPSA) is 126 Å². The van der Waals surface area contributed by atoms with Crippen LogP contribution in [0.4, 0.5) is 0 Å². The number of hydrogen-bond acceptors (Lipinski definition) is 4. The highest BCUT2D eigenvalue weighted by atomic mass is 35.5. The molecule has 2 atom stereocenters. The number of carbonyl (C=O) groups excluding carboxylic acids is 2. The number of aliphatic imine (C=N–C) groups is 1. The molecule has 8 nitrogen and oxygen atoms in total. The van der Waals surface area contributed by atoms with Gasteiger partial charge in [0.05, 0.1) is 16.1 Å². The highest BCUT2D eigenvalue weighted by Crippen LogP contribution is 2.27. The Labute approximate surface area is 251 Å². The molecule has 41 heavy (non-hydrogen) atoms. The zero-order valence-electron chi connectivity index (χ0n) is 22.8. The summed E-state index contributed by atoms with van der Waals surface area (Å²) in [6.45, 7) is 1.88. The minimum atomic E-state index is -0.439. The molecule has 0 bridgehead atoms. The summed E-state index contributed by atoms with van der Waals surface area (Å²) in [6.07, 6.45) is 1.87. The van der Waals surface area contributed by atoms with Crippen LogP contribution >= 0.6 is 23.2 Å². The van der Waals surface area contributed by atoms with Crippen LogP contribution in [0.5, 0.6) is 0 Å². The van der Waals surface area contributed by atoms with Crippen LogP contribution in [0.1, 0.15) is 46.7 Å². The van der Waals surface area contributed by atoms with Gasteiger partial charge in [0.2, 0.25) is 5.91 Å². The van der Waals surface area contributed by atoms with Gasteiger partial charge in [0.25, 0.3) is 5.91 Å². The van der Waals surface area contributed by atoms with E-state index in [1.54, 1.807) is 18.2 Å². The lowest BCUT2D eigenvalue weighted by atomic mass is 9.90. The largest absolute Gasteiger partial charge is 0.370 e. The maximum atomic E-state index is 13.9. The van der Waals surface area contributed by atoms with Gasteiger partial charge in [0, 0.05) is 43.7 Å². The zero-order chi connectivity index (χ0) is 29.2. The summed E-state index contributed by atoms with van der Waals surface area (Å²) >= 11 is 12.1. The Kier molecular flexibility index (Phi) is 11.0. The van der Waals surface area contributed by atoms with Crippen molar-refractivity contribution in [1.29, 1.82) is 0 Å². The number of nitrogens with two attached hydrogens (primary N) is 2. The summed E-state index contributed by atoms with van der Waals surface area (Å²) in [5.74, 6) is -0.169. The maximum absolute atomic E-state index is 13.9. The fraction of sp³-hybridized carbons (Fsp3) is 0.323. The molecule has 1 fully saturated rings. The smallest absolute Gasteiger partial charge is 0.251 e. The van der Waals surface area contributed by atoms with Gasteiger partial charge in [-0.2, -0.15) is 0 Å². The summed E-state index contributed by atoms with van der Waals surface area (Å²) < 4.78 is 0. The van der Waals surface area contributed by atoms with Crippen molar-refractivity contribution < 1.29 is 9.59 Å². The molecule has 4 rings (SSSR count). The van der Waals surface area contributed by atoms with Crippen molar-refractivity contribution in [2.45, 2.75) is 37.3 Å². The lowest BCUT2D eigenvalue weighted by Gasteiger charge is -2.29. The number of rotatable bonds is 11. The molecule has 1 aliphatic rings. The summed E-state index contributed by atoms with van der Waals surface area (Å²) in [7, 11) is 0. The maximum Gasteiger partial charge on any atom is 0.251 e. The Morgan fingerprint density at radius 3 is 2.27 bits per heavy atom. The van der Waals surface area contributed by atoms with Gasteiger partial charge in [-0.15, -0.1) is 0 Å². The van der Waals surface area contributed by atoms with Crippen LogP contribution in [0.15, 0.2) is 83.9 Å². The van der Waals surface area contributed by atoms with Crippen LogP contribution in [0.25, 0.3) is 0 Å². The van der Waals surface area contributed by atoms with Crippen molar-refractivity contribution >= 4 is 41.0 Å². The van der Waals surface area contributed by atoms with Crippen molar-refractivity contribution in [2.24, 2.45) is 16.5 Å². The standard InChI is InChI=1S/C31H36Cl2N6O2/c32-26-14-13-23(18-27(26)33)29(40)37-19-24-15-17-39(30(41)28(38-24)12-7-16-36-31(34)35)20-25(21-8-3-1-4-9-21)22-10-5-2-6-11-22/h1-6,8-11,13-14,18,24-25,28,38H,7,12,15-17,19-20H2,(H,37,40)(H4,34,35,36)/t24-,28-/m0/s1. The fourth-order valence-corrected chi connectivity index (χ4v) is 5.38. The van der Waals surface area contributed by atoms with E-state index in [1.165, 1.54) is 0 Å². The summed E-state index contributed by atoms with van der Waals surface area (Å²) in [4.78, 5) is 32.8. The van der Waals surface area contributed by atoms with Crippen LogP contribution in [0.3, 0.4) is 0 Å². The van der Waals surface area contributed by atoms with E-state index in [-0.39, 0.29) is 29.7 Å². The zero-order valence-corrected chi connectivity index (χ0v) is 24.3. The quantitative estimate of drug-likeness (QED) is 0.151. The second-order valence-electron chi connectivity index (χ2n) is 10.2. The second-order valence-corrected chi connectivity index (χ2v) is 11.0. The van der Waals surface area contributed by atoms with Gasteiger partial charge in [0.1, 0.15) is 0 Å². The first-order chi connectivity index (χ1) is 19.8. The third kappa shape index (κ3) is 8.70. The molecule has 10 heteroatoms. The van der Waals surface area contributed by atoms with Gasteiger partial charge in [0.15, 0.2) is 5.96 Å². The Morgan fingerprint density at radius 1 is 1.00 bits per heavy atom. The van der Waals surface area contributed by atoms with E-state index in [2.05, 4.69) is 39.9 Å². The molecule has 0 saturated carbocycles. The van der Waals surface area contributed by atoms with Crippen LogP contribution in [0.2, 0.25) is 10.0 Å². The van der Waals surface area contributed by atoms with Gasteiger partial charge < -0.3 is 27.0 Å². The number of hydrogen-bond donors (Lipinski definition) is 4. The molecule has 0 unspecified atom stereocenters. The lowest BCUT2D eigenvalue weighted by molar-refractivity contribution is -0.133. The molecular formula is C31H36Cl2N6O2. The van der Waals surface area contributed by atoms with Crippen molar-refractivity contribution in [3.05, 3.63) is 106 Å². The van der Waals surface area contributed by atoms with E-state index in [1.807, 2.05) is 41.3 Å². The third-order valence-corrected chi connectivity index (χ3v) is 7.98. The molecule has 1 saturated heterocycles. The SMILES string of the molecule is NC(N)=NCCC[C@@H]1N[C@H](CNC(=O)c2ccc(Cl)c(Cl)c2)CCN(CC(c2ccccc2)c2ccccc2)C1=O. The third-order valence-electron chi connectivity index (χ3n) is 7.24. The van der Waals surface area contributed by atoms with Crippen molar-refractivity contribution in [1.82, 2.24) is 15.5 Å². The van der Waals surface area contributed by atoms with E-state index < -0.39 is 6.04 Å². The van der Waals surface area contributed by atoms with Crippen molar-refractivity contribution in [3.63, 3.8) is 0 Å². The molecule has 0 aliphatic carbocycles. The highest BCUT2D eigenvalue weighted by molar-refractivity contribution is 6.42. The summed E-state index contributed by atoms with van der Waals surface area (Å²) in [5.41, 5.74) is 13.7. The minimum absolute atomic E-state index is 0.0227. The normalized spacial score (nSPS) is 17.2. The molecule has 0 radical (unpaired) electrons. The molecule has 2 amide bonds. The van der Waals surface area contributed by atoms with E-state index in [0.717, 1.165) is 11.1 Å². The number of carbonyl (C=O) groups is 2. The van der Waals surface area contributed by atoms with Gasteiger partial charge in [-0.3, -0.25) is 14.6 Å². The fourth-order valence-electron chi connectivity index (χ4n) is 5.08. The second kappa shape index (κ2) is 14.9. The number of benzene rings is 3. The van der Waals surface area contributed by atoms with Gasteiger partial charge in [-0.1, -0.05) is 83.9 Å². The Bertz CT molecular complexity index is 1300. The van der Waals surface area contributed by atoms with Crippen molar-refractivity contribution in [3.8, 4) is 0 Å². The van der Waals surface area contributed by atoms with E-state index in [9.17, 15) is 9.59 Å². The Balaban J connectivity index is 1.50. The minimum Gasteiger partial charge on any atom is -0.370 e. The van der Waals surface area contributed by atoms with E-state index in [4.69, 9.17) is 34.7 Å². The lowest BCUT2D eigenvalue weighted by Crippen LogP contribution is -2.49. The first-order valence-electron chi connectivity index (χ1n) is 13.7. The first-order valence-corrected chi connectivity index (χ1v) is 14.5.